The van der Waals surface area contributed by atoms with Crippen LogP contribution in [0.1, 0.15) is 22.3 Å². The summed E-state index contributed by atoms with van der Waals surface area (Å²) in [4.78, 5) is 15.6. The summed E-state index contributed by atoms with van der Waals surface area (Å²) in [5.41, 5.74) is 17.5. The molecule has 4 heteroatoms. The molecule has 11 aromatic rings. The molecule has 2 aromatic heterocycles. The summed E-state index contributed by atoms with van der Waals surface area (Å²) in [7, 11) is 0. The Hall–Kier alpha value is -7.79. The maximum Gasteiger partial charge on any atom is 0.164 e. The molecule has 0 fully saturated rings. The molecule has 0 aliphatic heterocycles. The lowest BCUT2D eigenvalue weighted by Gasteiger charge is -2.30. The minimum absolute atomic E-state index is 0.385. The second-order valence-corrected chi connectivity index (χ2v) is 17.3. The Labute approximate surface area is 363 Å². The van der Waals surface area contributed by atoms with Crippen molar-refractivity contribution in [3.8, 4) is 78.7 Å². The van der Waals surface area contributed by atoms with Crippen molar-refractivity contribution in [2.75, 3.05) is 0 Å². The van der Waals surface area contributed by atoms with E-state index in [1.165, 1.54) is 70.2 Å². The monoisotopic (exact) mass is 805 g/mol. The zero-order valence-corrected chi connectivity index (χ0v) is 34.3. The van der Waals surface area contributed by atoms with Crippen molar-refractivity contribution in [3.63, 3.8) is 0 Å². The fourth-order valence-electron chi connectivity index (χ4n) is 10.4. The summed E-state index contributed by atoms with van der Waals surface area (Å²) >= 11 is 1.84. The highest BCUT2D eigenvalue weighted by Crippen LogP contribution is 2.63. The van der Waals surface area contributed by atoms with Crippen LogP contribution in [-0.2, 0) is 5.41 Å². The molecule has 2 aliphatic carbocycles. The molecule has 0 N–H and O–H groups in total. The third kappa shape index (κ3) is 5.08. The van der Waals surface area contributed by atoms with Crippen molar-refractivity contribution in [1.82, 2.24) is 15.0 Å². The van der Waals surface area contributed by atoms with E-state index in [4.69, 9.17) is 15.0 Å². The summed E-state index contributed by atoms with van der Waals surface area (Å²) < 4.78 is 2.60. The van der Waals surface area contributed by atoms with Gasteiger partial charge in [-0.3, -0.25) is 0 Å². The number of hydrogen-bond donors (Lipinski definition) is 0. The zero-order valence-electron chi connectivity index (χ0n) is 33.5. The number of aromatic nitrogens is 3. The number of benzene rings is 9. The maximum absolute atomic E-state index is 5.27. The van der Waals surface area contributed by atoms with Crippen LogP contribution >= 0.6 is 11.3 Å². The molecule has 288 valence electrons. The molecule has 0 bridgehead atoms. The second-order valence-electron chi connectivity index (χ2n) is 16.2. The van der Waals surface area contributed by atoms with Crippen LogP contribution in [0.2, 0.25) is 0 Å². The van der Waals surface area contributed by atoms with Crippen molar-refractivity contribution < 1.29 is 0 Å². The molecule has 0 radical (unpaired) electrons. The van der Waals surface area contributed by atoms with Gasteiger partial charge in [0.1, 0.15) is 0 Å². The first kappa shape index (κ1) is 35.0. The molecule has 13 rings (SSSR count). The Morgan fingerprint density at radius 2 is 0.758 bits per heavy atom. The quantitative estimate of drug-likeness (QED) is 0.174. The molecule has 0 unspecified atom stereocenters. The SMILES string of the molecule is c1ccc(-c2nc(-c3ccc(-c4cccc5sc6ccccc6c45)cc3)nc(-c3ccccc3-c3ccc4c(c3)-c3ccccc3C43c4ccccc4-c4ccccc43)n2)cc1. The molecule has 2 aliphatic rings. The van der Waals surface area contributed by atoms with E-state index in [0.717, 1.165) is 33.4 Å². The van der Waals surface area contributed by atoms with Gasteiger partial charge in [0.05, 0.1) is 5.41 Å². The minimum Gasteiger partial charge on any atom is -0.208 e. The van der Waals surface area contributed by atoms with Crippen LogP contribution in [-0.4, -0.2) is 15.0 Å². The van der Waals surface area contributed by atoms with Crippen LogP contribution in [0.25, 0.3) is 98.8 Å². The van der Waals surface area contributed by atoms with E-state index in [2.05, 4.69) is 194 Å². The van der Waals surface area contributed by atoms with Crippen LogP contribution in [0.15, 0.2) is 212 Å². The van der Waals surface area contributed by atoms with Crippen molar-refractivity contribution in [1.29, 1.82) is 0 Å². The third-order valence-electron chi connectivity index (χ3n) is 13.0. The van der Waals surface area contributed by atoms with Crippen LogP contribution in [0.5, 0.6) is 0 Å². The highest BCUT2D eigenvalue weighted by Gasteiger charge is 2.51. The van der Waals surface area contributed by atoms with E-state index in [9.17, 15) is 0 Å². The van der Waals surface area contributed by atoms with E-state index >= 15 is 0 Å². The lowest BCUT2D eigenvalue weighted by molar-refractivity contribution is 0.794. The fourth-order valence-corrected chi connectivity index (χ4v) is 11.5. The summed E-state index contributed by atoms with van der Waals surface area (Å²) in [6.45, 7) is 0. The summed E-state index contributed by atoms with van der Waals surface area (Å²) in [5, 5.41) is 2.59. The molecule has 3 nitrogen and oxygen atoms in total. The van der Waals surface area contributed by atoms with Crippen LogP contribution in [0.3, 0.4) is 0 Å². The molecular formula is C58H35N3S. The van der Waals surface area contributed by atoms with Gasteiger partial charge >= 0.3 is 0 Å². The van der Waals surface area contributed by atoms with Gasteiger partial charge in [0.2, 0.25) is 0 Å². The van der Waals surface area contributed by atoms with E-state index in [-0.39, 0.29) is 5.41 Å². The fraction of sp³-hybridized carbons (Fsp3) is 0.0172. The normalized spacial score (nSPS) is 13.0. The number of rotatable bonds is 5. The number of nitrogens with zero attached hydrogens (tertiary/aromatic N) is 3. The average molecular weight is 806 g/mol. The Bertz CT molecular complexity index is 3540. The predicted molar refractivity (Wildman–Crippen MR) is 256 cm³/mol. The van der Waals surface area contributed by atoms with E-state index in [1.54, 1.807) is 0 Å². The second kappa shape index (κ2) is 13.6. The minimum atomic E-state index is -0.385. The average Bonchev–Trinajstić information content (AvgIpc) is 3.98. The van der Waals surface area contributed by atoms with Gasteiger partial charge in [-0.1, -0.05) is 194 Å². The predicted octanol–water partition coefficient (Wildman–Crippen LogP) is 14.9. The first-order chi connectivity index (χ1) is 30.7. The van der Waals surface area contributed by atoms with Crippen molar-refractivity contribution in [3.05, 3.63) is 235 Å². The largest absolute Gasteiger partial charge is 0.208 e. The van der Waals surface area contributed by atoms with Gasteiger partial charge < -0.3 is 0 Å². The van der Waals surface area contributed by atoms with E-state index < -0.39 is 0 Å². The Balaban J connectivity index is 0.952. The summed E-state index contributed by atoms with van der Waals surface area (Å²) in [6.07, 6.45) is 0. The van der Waals surface area contributed by atoms with Crippen molar-refractivity contribution in [2.24, 2.45) is 0 Å². The van der Waals surface area contributed by atoms with Gasteiger partial charge in [0.15, 0.2) is 17.5 Å². The van der Waals surface area contributed by atoms with Gasteiger partial charge in [0.25, 0.3) is 0 Å². The molecular weight excluding hydrogens is 771 g/mol. The molecule has 1 spiro atoms. The summed E-state index contributed by atoms with van der Waals surface area (Å²) in [5.74, 6) is 1.92. The van der Waals surface area contributed by atoms with Gasteiger partial charge in [-0.25, -0.2) is 15.0 Å². The first-order valence-corrected chi connectivity index (χ1v) is 21.9. The Morgan fingerprint density at radius 3 is 1.45 bits per heavy atom. The van der Waals surface area contributed by atoms with Crippen LogP contribution in [0, 0.1) is 0 Å². The van der Waals surface area contributed by atoms with Crippen molar-refractivity contribution >= 4 is 31.5 Å². The molecule has 2 heterocycles. The molecule has 62 heavy (non-hydrogen) atoms. The molecule has 9 aromatic carbocycles. The Kier molecular flexibility index (Phi) is 7.69. The third-order valence-corrected chi connectivity index (χ3v) is 14.1. The Morgan fingerprint density at radius 1 is 0.290 bits per heavy atom. The van der Waals surface area contributed by atoms with E-state index in [1.807, 2.05) is 29.5 Å². The van der Waals surface area contributed by atoms with Crippen molar-refractivity contribution in [2.45, 2.75) is 5.41 Å². The molecule has 0 atom stereocenters. The standard InChI is InChI=1S/C58H35N3S/c1-2-15-37(16-3-1)55-59-56(38-31-29-36(30-32-38)41-23-14-28-53-54(41)46-22-9-13-27-52(46)62-53)61-57(60-55)45-21-5-4-17-40(45)39-33-34-51-47(35-39)44-20-8-12-26-50(44)58(51)48-24-10-6-18-42(48)43-19-7-11-25-49(43)58/h1-35H. The highest BCUT2D eigenvalue weighted by molar-refractivity contribution is 7.25. The lowest BCUT2D eigenvalue weighted by Crippen LogP contribution is -2.25. The van der Waals surface area contributed by atoms with Gasteiger partial charge in [-0.15, -0.1) is 11.3 Å². The zero-order chi connectivity index (χ0) is 40.8. The van der Waals surface area contributed by atoms with Crippen LogP contribution < -0.4 is 0 Å². The molecule has 0 saturated heterocycles. The smallest absolute Gasteiger partial charge is 0.164 e. The van der Waals surface area contributed by atoms with Crippen LogP contribution in [0.4, 0.5) is 0 Å². The van der Waals surface area contributed by atoms with E-state index in [0.29, 0.717) is 17.5 Å². The van der Waals surface area contributed by atoms with Gasteiger partial charge in [-0.2, -0.15) is 0 Å². The van der Waals surface area contributed by atoms with Gasteiger partial charge in [0, 0.05) is 36.9 Å². The number of hydrogen-bond acceptors (Lipinski definition) is 4. The number of thiophene rings is 1. The molecule has 0 amide bonds. The maximum atomic E-state index is 5.27. The lowest BCUT2D eigenvalue weighted by atomic mass is 9.70. The molecule has 0 saturated carbocycles. The summed E-state index contributed by atoms with van der Waals surface area (Å²) in [6, 6.07) is 76.7. The highest BCUT2D eigenvalue weighted by atomic mass is 32.1. The first-order valence-electron chi connectivity index (χ1n) is 21.1. The van der Waals surface area contributed by atoms with Gasteiger partial charge in [-0.05, 0) is 85.0 Å². The number of fused-ring (bicyclic) bond motifs is 13. The topological polar surface area (TPSA) is 38.7 Å².